The Hall–Kier alpha value is -3.66. The number of piperidine rings is 1. The second-order valence-corrected chi connectivity index (χ2v) is 11.3. The van der Waals surface area contributed by atoms with Gasteiger partial charge in [0.15, 0.2) is 5.13 Å². The largest absolute Gasteiger partial charge is 0.300 e. The highest BCUT2D eigenvalue weighted by atomic mass is 32.1. The summed E-state index contributed by atoms with van der Waals surface area (Å²) < 4.78 is 0.552. The molecule has 3 amide bonds. The van der Waals surface area contributed by atoms with E-state index < -0.39 is 27.7 Å². The number of rotatable bonds is 6. The molecule has 186 valence electrons. The zero-order valence-corrected chi connectivity index (χ0v) is 21.0. The van der Waals surface area contributed by atoms with E-state index in [0.717, 1.165) is 16.9 Å². The third kappa shape index (κ3) is 3.67. The summed E-state index contributed by atoms with van der Waals surface area (Å²) in [6, 6.07) is 12.5. The number of nitrogens with one attached hydrogen (secondary N) is 1. The molecule has 2 aromatic carbocycles. The van der Waals surface area contributed by atoms with Crippen molar-refractivity contribution in [3.8, 4) is 0 Å². The molecule has 10 heteroatoms. The van der Waals surface area contributed by atoms with Crippen LogP contribution in [0, 0.1) is 26.9 Å². The lowest BCUT2D eigenvalue weighted by molar-refractivity contribution is -0.384. The number of nitrogens with zero attached hydrogens (tertiary/aromatic N) is 3. The maximum atomic E-state index is 13.8. The van der Waals surface area contributed by atoms with Crippen molar-refractivity contribution in [1.29, 1.82) is 0 Å². The average Bonchev–Trinajstić information content (AvgIpc) is 3.32. The summed E-state index contributed by atoms with van der Waals surface area (Å²) in [6.45, 7) is 5.82. The summed E-state index contributed by atoms with van der Waals surface area (Å²) in [4.78, 5) is 57.3. The molecule has 3 unspecified atom stereocenters. The average molecular weight is 507 g/mol. The molecule has 2 heterocycles. The van der Waals surface area contributed by atoms with Crippen LogP contribution in [0.5, 0.6) is 0 Å². The molecule has 36 heavy (non-hydrogen) atoms. The molecule has 3 atom stereocenters. The predicted octanol–water partition coefficient (Wildman–Crippen LogP) is 4.57. The number of nitro benzene ring substituents is 1. The number of fused-ring (bicyclic) bond motifs is 3. The van der Waals surface area contributed by atoms with E-state index in [1.807, 2.05) is 51.1 Å². The maximum absolute atomic E-state index is 13.8. The van der Waals surface area contributed by atoms with Crippen molar-refractivity contribution in [2.45, 2.75) is 46.1 Å². The zero-order chi connectivity index (χ0) is 25.8. The molecule has 2 bridgehead atoms. The van der Waals surface area contributed by atoms with Gasteiger partial charge in [-0.05, 0) is 29.9 Å². The normalized spacial score (nSPS) is 23.6. The van der Waals surface area contributed by atoms with Gasteiger partial charge in [-0.1, -0.05) is 62.4 Å². The van der Waals surface area contributed by atoms with Crippen LogP contribution in [-0.2, 0) is 20.8 Å². The van der Waals surface area contributed by atoms with Crippen LogP contribution in [0.3, 0.4) is 0 Å². The number of thiazole rings is 1. The van der Waals surface area contributed by atoms with Crippen molar-refractivity contribution < 1.29 is 19.3 Å². The summed E-state index contributed by atoms with van der Waals surface area (Å²) in [5.74, 6) is -1.48. The van der Waals surface area contributed by atoms with Crippen LogP contribution in [0.25, 0.3) is 10.2 Å². The van der Waals surface area contributed by atoms with Crippen molar-refractivity contribution >= 4 is 50.1 Å². The number of carbonyl (C=O) groups excluding carboxylic acids is 3. The number of amides is 3. The number of hydrogen-bond acceptors (Lipinski definition) is 7. The van der Waals surface area contributed by atoms with E-state index in [4.69, 9.17) is 0 Å². The smallest absolute Gasteiger partial charge is 0.270 e. The molecule has 0 radical (unpaired) electrons. The van der Waals surface area contributed by atoms with E-state index in [1.54, 1.807) is 0 Å². The number of carbonyl (C=O) groups is 3. The maximum Gasteiger partial charge on any atom is 0.270 e. The van der Waals surface area contributed by atoms with Crippen molar-refractivity contribution in [3.05, 3.63) is 64.2 Å². The van der Waals surface area contributed by atoms with Crippen LogP contribution in [0.15, 0.2) is 48.5 Å². The molecule has 3 aromatic rings. The third-order valence-corrected chi connectivity index (χ3v) is 9.09. The van der Waals surface area contributed by atoms with Gasteiger partial charge in [0.1, 0.15) is 6.04 Å². The Bertz CT molecular complexity index is 1400. The van der Waals surface area contributed by atoms with Gasteiger partial charge in [-0.15, -0.1) is 0 Å². The molecule has 5 rings (SSSR count). The van der Waals surface area contributed by atoms with Crippen LogP contribution in [0.1, 0.15) is 39.2 Å². The first kappa shape index (κ1) is 24.1. The van der Waals surface area contributed by atoms with Crippen LogP contribution < -0.4 is 5.32 Å². The fourth-order valence-electron chi connectivity index (χ4n) is 5.55. The Morgan fingerprint density at radius 1 is 1.22 bits per heavy atom. The number of likely N-dealkylation sites (tertiary alicyclic amines) is 1. The number of aromatic nitrogens is 1. The Kier molecular flexibility index (Phi) is 5.66. The molecule has 9 nitrogen and oxygen atoms in total. The van der Waals surface area contributed by atoms with Crippen LogP contribution in [-0.4, -0.2) is 38.6 Å². The molecule has 2 fully saturated rings. The molecule has 2 aliphatic rings. The summed E-state index contributed by atoms with van der Waals surface area (Å²) in [6.07, 6.45) is 1.38. The molecule has 0 spiro atoms. The minimum atomic E-state index is -1.05. The molecule has 1 aliphatic heterocycles. The third-order valence-electron chi connectivity index (χ3n) is 8.15. The molecule has 1 aromatic heterocycles. The minimum Gasteiger partial charge on any atom is -0.300 e. The molecule has 1 saturated carbocycles. The van der Waals surface area contributed by atoms with Gasteiger partial charge in [0.2, 0.25) is 17.7 Å². The number of benzene rings is 2. The predicted molar refractivity (Wildman–Crippen MR) is 135 cm³/mol. The van der Waals surface area contributed by atoms with Crippen molar-refractivity contribution in [1.82, 2.24) is 9.88 Å². The van der Waals surface area contributed by atoms with E-state index >= 15 is 0 Å². The van der Waals surface area contributed by atoms with Crippen LogP contribution in [0.4, 0.5) is 10.8 Å². The van der Waals surface area contributed by atoms with Gasteiger partial charge in [0.25, 0.3) is 5.69 Å². The highest BCUT2D eigenvalue weighted by Crippen LogP contribution is 2.60. The SMILES string of the molecule is CC12CCC(C(=O)N(C(Cc3ccccc3)C(=O)Nc3nc4ccc([N+](=O)[O-])cc4s3)C1=O)C2(C)C. The van der Waals surface area contributed by atoms with E-state index in [2.05, 4.69) is 10.3 Å². The lowest BCUT2D eigenvalue weighted by Gasteiger charge is -2.49. The second kappa shape index (κ2) is 8.48. The number of nitro groups is 1. The number of imide groups is 1. The minimum absolute atomic E-state index is 0.0678. The fourth-order valence-corrected chi connectivity index (χ4v) is 6.45. The summed E-state index contributed by atoms with van der Waals surface area (Å²) >= 11 is 1.11. The Morgan fingerprint density at radius 2 is 1.94 bits per heavy atom. The lowest BCUT2D eigenvalue weighted by atomic mass is 9.62. The highest BCUT2D eigenvalue weighted by Gasteiger charge is 2.65. The van der Waals surface area contributed by atoms with Gasteiger partial charge in [0, 0.05) is 24.5 Å². The second-order valence-electron chi connectivity index (χ2n) is 10.3. The van der Waals surface area contributed by atoms with Gasteiger partial charge in [0.05, 0.1) is 20.6 Å². The Labute approximate surface area is 211 Å². The number of anilines is 1. The standard InChI is InChI=1S/C26H26N4O5S/c1-25(2)17-11-12-26(25,3)23(33)29(22(17)32)19(13-15-7-5-4-6-8-15)21(31)28-24-27-18-10-9-16(30(34)35)14-20(18)36-24/h4-10,14,17,19H,11-13H2,1-3H3,(H,27,28,31). The quantitative estimate of drug-likeness (QED) is 0.297. The van der Waals surface area contributed by atoms with Gasteiger partial charge in [-0.25, -0.2) is 4.98 Å². The highest BCUT2D eigenvalue weighted by molar-refractivity contribution is 7.22. The topological polar surface area (TPSA) is 123 Å². The number of non-ortho nitro benzene ring substituents is 1. The van der Waals surface area contributed by atoms with E-state index in [1.165, 1.54) is 23.1 Å². The van der Waals surface area contributed by atoms with Crippen molar-refractivity contribution in [2.75, 3.05) is 5.32 Å². The zero-order valence-electron chi connectivity index (χ0n) is 20.2. The fraction of sp³-hybridized carbons (Fsp3) is 0.385. The molecule has 1 saturated heterocycles. The first-order valence-corrected chi connectivity index (χ1v) is 12.6. The molecule has 1 aliphatic carbocycles. The summed E-state index contributed by atoms with van der Waals surface area (Å²) in [5.41, 5.74) is 0.0308. The van der Waals surface area contributed by atoms with Gasteiger partial charge < -0.3 is 5.32 Å². The van der Waals surface area contributed by atoms with E-state index in [-0.39, 0.29) is 35.0 Å². The van der Waals surface area contributed by atoms with E-state index in [0.29, 0.717) is 23.1 Å². The van der Waals surface area contributed by atoms with Crippen LogP contribution in [0.2, 0.25) is 0 Å². The monoisotopic (exact) mass is 506 g/mol. The van der Waals surface area contributed by atoms with Gasteiger partial charge >= 0.3 is 0 Å². The van der Waals surface area contributed by atoms with Crippen molar-refractivity contribution in [2.24, 2.45) is 16.7 Å². The summed E-state index contributed by atoms with van der Waals surface area (Å²) in [7, 11) is 0. The lowest BCUT2D eigenvalue weighted by Crippen LogP contribution is -2.64. The number of hydrogen-bond donors (Lipinski definition) is 1. The summed E-state index contributed by atoms with van der Waals surface area (Å²) in [5, 5.41) is 14.1. The Morgan fingerprint density at radius 3 is 2.64 bits per heavy atom. The molecular formula is C26H26N4O5S. The van der Waals surface area contributed by atoms with Gasteiger partial charge in [-0.3, -0.25) is 29.4 Å². The molecular weight excluding hydrogens is 480 g/mol. The first-order chi connectivity index (χ1) is 17.0. The Balaban J connectivity index is 1.50. The first-order valence-electron chi connectivity index (χ1n) is 11.8. The van der Waals surface area contributed by atoms with E-state index in [9.17, 15) is 24.5 Å². The van der Waals surface area contributed by atoms with Crippen LogP contribution >= 0.6 is 11.3 Å². The molecule has 1 N–H and O–H groups in total. The van der Waals surface area contributed by atoms with Crippen molar-refractivity contribution in [3.63, 3.8) is 0 Å². The van der Waals surface area contributed by atoms with Gasteiger partial charge in [-0.2, -0.15) is 0 Å².